The van der Waals surface area contributed by atoms with Crippen LogP contribution in [0.1, 0.15) is 50.8 Å². The van der Waals surface area contributed by atoms with E-state index in [0.29, 0.717) is 12.0 Å². The number of nitrogens with zero attached hydrogens (tertiary/aromatic N) is 4. The van der Waals surface area contributed by atoms with Gasteiger partial charge in [0.1, 0.15) is 5.82 Å². The minimum absolute atomic E-state index is 0.0787. The number of rotatable bonds is 4. The van der Waals surface area contributed by atoms with Gasteiger partial charge < -0.3 is 10.2 Å². The second-order valence-electron chi connectivity index (χ2n) is 6.72. The zero-order valence-electron chi connectivity index (χ0n) is 13.9. The molecule has 0 radical (unpaired) electrons. The van der Waals surface area contributed by atoms with E-state index in [4.69, 9.17) is 5.10 Å². The van der Waals surface area contributed by atoms with Gasteiger partial charge in [0.15, 0.2) is 0 Å². The molecule has 1 aromatic heterocycles. The van der Waals surface area contributed by atoms with Crippen molar-refractivity contribution in [3.63, 3.8) is 0 Å². The molecule has 22 heavy (non-hydrogen) atoms. The Morgan fingerprint density at radius 1 is 1.23 bits per heavy atom. The first-order chi connectivity index (χ1) is 10.7. The van der Waals surface area contributed by atoms with Crippen molar-refractivity contribution in [3.8, 4) is 0 Å². The first kappa shape index (κ1) is 15.7. The van der Waals surface area contributed by atoms with Crippen LogP contribution in [0.5, 0.6) is 0 Å². The lowest BCUT2D eigenvalue weighted by Crippen LogP contribution is -2.41. The van der Waals surface area contributed by atoms with Crippen molar-refractivity contribution >= 4 is 0 Å². The largest absolute Gasteiger partial charge is 0.345 e. The van der Waals surface area contributed by atoms with Crippen LogP contribution in [0.25, 0.3) is 0 Å². The highest BCUT2D eigenvalue weighted by molar-refractivity contribution is 5.00. The molecule has 1 aromatic rings. The Kier molecular flexibility index (Phi) is 4.98. The first-order valence-electron chi connectivity index (χ1n) is 8.79. The highest BCUT2D eigenvalue weighted by Gasteiger charge is 2.25. The molecule has 3 heterocycles. The Labute approximate surface area is 132 Å². The van der Waals surface area contributed by atoms with E-state index in [2.05, 4.69) is 17.3 Å². The van der Waals surface area contributed by atoms with Crippen molar-refractivity contribution < 1.29 is 0 Å². The van der Waals surface area contributed by atoms with Crippen LogP contribution < -0.4 is 11.0 Å². The van der Waals surface area contributed by atoms with Gasteiger partial charge >= 0.3 is 5.69 Å². The smallest absolute Gasteiger partial charge is 0.317 e. The van der Waals surface area contributed by atoms with Crippen LogP contribution in [-0.4, -0.2) is 52.0 Å². The van der Waals surface area contributed by atoms with Gasteiger partial charge in [0.2, 0.25) is 0 Å². The van der Waals surface area contributed by atoms with E-state index >= 15 is 0 Å². The van der Waals surface area contributed by atoms with Crippen LogP contribution in [0, 0.1) is 0 Å². The summed E-state index contributed by atoms with van der Waals surface area (Å²) in [5.41, 5.74) is 0.0787. The number of likely N-dealkylation sites (tertiary alicyclic amines) is 1. The van der Waals surface area contributed by atoms with Gasteiger partial charge in [-0.15, -0.1) is 0 Å². The zero-order valence-corrected chi connectivity index (χ0v) is 13.9. The maximum atomic E-state index is 12.7. The maximum absolute atomic E-state index is 12.7. The van der Waals surface area contributed by atoms with E-state index in [0.717, 1.165) is 51.4 Å². The van der Waals surface area contributed by atoms with Gasteiger partial charge in [-0.1, -0.05) is 6.42 Å². The van der Waals surface area contributed by atoms with Crippen molar-refractivity contribution in [2.75, 3.05) is 26.7 Å². The molecule has 2 saturated heterocycles. The standard InChI is InChI=1S/C16H29N5O/c1-3-20-15(13-7-9-17-10-8-13)18-21(16(20)22)12-14-6-4-5-11-19(14)2/h13-14,17H,3-12H2,1-2H3/t14-/m0/s1. The number of hydrogen-bond acceptors (Lipinski definition) is 4. The van der Waals surface area contributed by atoms with E-state index in [-0.39, 0.29) is 5.69 Å². The highest BCUT2D eigenvalue weighted by atomic mass is 16.2. The summed E-state index contributed by atoms with van der Waals surface area (Å²) in [5, 5.41) is 8.13. The average Bonchev–Trinajstić information content (AvgIpc) is 2.86. The van der Waals surface area contributed by atoms with Gasteiger partial charge in [-0.3, -0.25) is 4.57 Å². The molecular formula is C16H29N5O. The number of likely N-dealkylation sites (N-methyl/N-ethyl adjacent to an activating group) is 1. The predicted octanol–water partition coefficient (Wildman–Crippen LogP) is 1.02. The summed E-state index contributed by atoms with van der Waals surface area (Å²) < 4.78 is 3.62. The number of aromatic nitrogens is 3. The summed E-state index contributed by atoms with van der Waals surface area (Å²) in [5.74, 6) is 1.44. The van der Waals surface area contributed by atoms with E-state index in [1.165, 1.54) is 19.3 Å². The van der Waals surface area contributed by atoms with Gasteiger partial charge in [-0.2, -0.15) is 5.10 Å². The third-order valence-electron chi connectivity index (χ3n) is 5.28. The molecule has 1 atom stereocenters. The molecule has 2 aliphatic heterocycles. The Bertz CT molecular complexity index is 543. The summed E-state index contributed by atoms with van der Waals surface area (Å²) in [6, 6.07) is 0.451. The molecule has 6 nitrogen and oxygen atoms in total. The van der Waals surface area contributed by atoms with Crippen LogP contribution in [-0.2, 0) is 13.1 Å². The topological polar surface area (TPSA) is 55.1 Å². The van der Waals surface area contributed by atoms with E-state index in [1.54, 1.807) is 4.68 Å². The molecular weight excluding hydrogens is 278 g/mol. The van der Waals surface area contributed by atoms with E-state index in [1.807, 2.05) is 11.5 Å². The van der Waals surface area contributed by atoms with Crippen LogP contribution in [0.15, 0.2) is 4.79 Å². The number of piperidine rings is 2. The van der Waals surface area contributed by atoms with Crippen LogP contribution >= 0.6 is 0 Å². The summed E-state index contributed by atoms with van der Waals surface area (Å²) in [4.78, 5) is 15.1. The lowest BCUT2D eigenvalue weighted by molar-refractivity contribution is 0.161. The van der Waals surface area contributed by atoms with Gasteiger partial charge in [-0.05, 0) is 59.3 Å². The summed E-state index contributed by atoms with van der Waals surface area (Å²) in [7, 11) is 2.17. The lowest BCUT2D eigenvalue weighted by Gasteiger charge is -2.31. The van der Waals surface area contributed by atoms with Gasteiger partial charge in [0.05, 0.1) is 6.54 Å². The quantitative estimate of drug-likeness (QED) is 0.902. The Morgan fingerprint density at radius 3 is 2.68 bits per heavy atom. The number of nitrogens with one attached hydrogen (secondary N) is 1. The molecule has 2 fully saturated rings. The van der Waals surface area contributed by atoms with Crippen molar-refractivity contribution in [1.29, 1.82) is 0 Å². The Balaban J connectivity index is 1.82. The number of hydrogen-bond donors (Lipinski definition) is 1. The molecule has 0 amide bonds. The van der Waals surface area contributed by atoms with Crippen LogP contribution in [0.2, 0.25) is 0 Å². The van der Waals surface area contributed by atoms with Crippen molar-refractivity contribution in [1.82, 2.24) is 24.6 Å². The second kappa shape index (κ2) is 6.96. The monoisotopic (exact) mass is 307 g/mol. The Hall–Kier alpha value is -1.14. The van der Waals surface area contributed by atoms with Crippen molar-refractivity contribution in [2.24, 2.45) is 0 Å². The Morgan fingerprint density at radius 2 is 2.00 bits per heavy atom. The molecule has 0 unspecified atom stereocenters. The fourth-order valence-corrected chi connectivity index (χ4v) is 3.83. The fraction of sp³-hybridized carbons (Fsp3) is 0.875. The zero-order chi connectivity index (χ0) is 15.5. The fourth-order valence-electron chi connectivity index (χ4n) is 3.83. The first-order valence-corrected chi connectivity index (χ1v) is 8.79. The van der Waals surface area contributed by atoms with E-state index < -0.39 is 0 Å². The van der Waals surface area contributed by atoms with Crippen molar-refractivity contribution in [3.05, 3.63) is 16.3 Å². The third-order valence-corrected chi connectivity index (χ3v) is 5.28. The van der Waals surface area contributed by atoms with E-state index in [9.17, 15) is 4.79 Å². The average molecular weight is 307 g/mol. The van der Waals surface area contributed by atoms with Crippen molar-refractivity contribution in [2.45, 2.75) is 64.1 Å². The minimum atomic E-state index is 0.0787. The summed E-state index contributed by atoms with van der Waals surface area (Å²) in [6.07, 6.45) is 5.87. The molecule has 0 aromatic carbocycles. The van der Waals surface area contributed by atoms with Gasteiger partial charge in [0, 0.05) is 18.5 Å². The molecule has 2 aliphatic rings. The summed E-state index contributed by atoms with van der Waals surface area (Å²) in [6.45, 7) is 6.69. The predicted molar refractivity (Wildman–Crippen MR) is 87.3 cm³/mol. The lowest BCUT2D eigenvalue weighted by atomic mass is 9.97. The molecule has 0 bridgehead atoms. The minimum Gasteiger partial charge on any atom is -0.317 e. The maximum Gasteiger partial charge on any atom is 0.345 e. The molecule has 3 rings (SSSR count). The molecule has 0 aliphatic carbocycles. The molecule has 1 N–H and O–H groups in total. The molecule has 124 valence electrons. The molecule has 6 heteroatoms. The van der Waals surface area contributed by atoms with Gasteiger partial charge in [0.25, 0.3) is 0 Å². The molecule has 0 spiro atoms. The van der Waals surface area contributed by atoms with Gasteiger partial charge in [-0.25, -0.2) is 9.48 Å². The summed E-state index contributed by atoms with van der Waals surface area (Å²) >= 11 is 0. The highest BCUT2D eigenvalue weighted by Crippen LogP contribution is 2.23. The normalized spacial score (nSPS) is 24.7. The van der Waals surface area contributed by atoms with Crippen LogP contribution in [0.4, 0.5) is 0 Å². The third kappa shape index (κ3) is 3.13. The van der Waals surface area contributed by atoms with Crippen LogP contribution in [0.3, 0.4) is 0 Å². The second-order valence-corrected chi connectivity index (χ2v) is 6.72. The SMILES string of the molecule is CCn1c(C2CCNCC2)nn(C[C@@H]2CCCCN2C)c1=O. The molecule has 0 saturated carbocycles.